The van der Waals surface area contributed by atoms with Crippen molar-refractivity contribution in [1.29, 1.82) is 5.26 Å². The Morgan fingerprint density at radius 2 is 2.41 bits per heavy atom. The molecule has 0 bridgehead atoms. The third kappa shape index (κ3) is 2.17. The largest absolute Gasteiger partial charge is 0.395 e. The van der Waals surface area contributed by atoms with Crippen molar-refractivity contribution in [1.82, 2.24) is 4.98 Å². The number of methoxy groups -OCH3 is 1. The lowest BCUT2D eigenvalue weighted by molar-refractivity contribution is -0.0601. The van der Waals surface area contributed by atoms with E-state index in [1.807, 2.05) is 6.07 Å². The second-order valence-corrected chi connectivity index (χ2v) is 4.33. The van der Waals surface area contributed by atoms with Gasteiger partial charge < -0.3 is 15.8 Å². The van der Waals surface area contributed by atoms with Crippen LogP contribution in [0.2, 0.25) is 0 Å². The molecule has 90 valence electrons. The van der Waals surface area contributed by atoms with Gasteiger partial charge in [-0.15, -0.1) is 0 Å². The summed E-state index contributed by atoms with van der Waals surface area (Å²) in [7, 11) is 1.73. The number of nitrogen functional groups attached to an aromatic ring is 1. The molecule has 0 atom stereocenters. The van der Waals surface area contributed by atoms with Gasteiger partial charge in [-0.2, -0.15) is 5.26 Å². The van der Waals surface area contributed by atoms with Crippen molar-refractivity contribution in [2.75, 3.05) is 24.7 Å². The molecule has 0 amide bonds. The molecular weight excluding hydrogens is 216 g/mol. The van der Waals surface area contributed by atoms with Crippen LogP contribution in [-0.4, -0.2) is 24.2 Å². The number of pyridine rings is 1. The maximum absolute atomic E-state index is 8.86. The quantitative estimate of drug-likeness (QED) is 0.822. The molecule has 1 heterocycles. The van der Waals surface area contributed by atoms with Gasteiger partial charge in [0.1, 0.15) is 6.07 Å². The Kier molecular flexibility index (Phi) is 3.16. The van der Waals surface area contributed by atoms with Crippen LogP contribution in [0.15, 0.2) is 12.3 Å². The molecule has 17 heavy (non-hydrogen) atoms. The summed E-state index contributed by atoms with van der Waals surface area (Å²) in [5, 5.41) is 12.0. The topological polar surface area (TPSA) is 84.0 Å². The van der Waals surface area contributed by atoms with Gasteiger partial charge in [0.2, 0.25) is 0 Å². The van der Waals surface area contributed by atoms with Crippen molar-refractivity contribution in [3.05, 3.63) is 17.8 Å². The zero-order chi connectivity index (χ0) is 12.3. The average molecular weight is 232 g/mol. The third-order valence-electron chi connectivity index (χ3n) is 3.39. The monoisotopic (exact) mass is 232 g/mol. The molecule has 0 aromatic carbocycles. The predicted molar refractivity (Wildman–Crippen MR) is 65.4 cm³/mol. The van der Waals surface area contributed by atoms with Gasteiger partial charge in [0.15, 0.2) is 5.82 Å². The summed E-state index contributed by atoms with van der Waals surface area (Å²) in [6.45, 7) is 0.676. The van der Waals surface area contributed by atoms with Gasteiger partial charge >= 0.3 is 0 Å². The molecule has 1 aromatic rings. The van der Waals surface area contributed by atoms with Gasteiger partial charge in [0.25, 0.3) is 0 Å². The summed E-state index contributed by atoms with van der Waals surface area (Å²) in [5.41, 5.74) is 6.60. The van der Waals surface area contributed by atoms with Crippen molar-refractivity contribution in [3.8, 4) is 6.07 Å². The van der Waals surface area contributed by atoms with Crippen LogP contribution in [0.4, 0.5) is 11.5 Å². The van der Waals surface area contributed by atoms with Crippen LogP contribution in [-0.2, 0) is 4.74 Å². The van der Waals surface area contributed by atoms with E-state index in [0.717, 1.165) is 12.8 Å². The van der Waals surface area contributed by atoms with E-state index in [-0.39, 0.29) is 5.60 Å². The highest BCUT2D eigenvalue weighted by molar-refractivity contribution is 5.68. The van der Waals surface area contributed by atoms with E-state index < -0.39 is 0 Å². The molecular formula is C12H16N4O. The zero-order valence-corrected chi connectivity index (χ0v) is 9.86. The summed E-state index contributed by atoms with van der Waals surface area (Å²) < 4.78 is 5.50. The fraction of sp³-hybridized carbons (Fsp3) is 0.500. The molecule has 1 fully saturated rings. The molecule has 0 spiro atoms. The van der Waals surface area contributed by atoms with E-state index in [0.29, 0.717) is 23.6 Å². The van der Waals surface area contributed by atoms with Crippen molar-refractivity contribution < 1.29 is 4.74 Å². The lowest BCUT2D eigenvalue weighted by atomic mass is 9.80. The maximum Gasteiger partial charge on any atom is 0.150 e. The van der Waals surface area contributed by atoms with Gasteiger partial charge in [-0.1, -0.05) is 0 Å². The van der Waals surface area contributed by atoms with Gasteiger partial charge in [0.05, 0.1) is 16.9 Å². The Morgan fingerprint density at radius 3 is 2.94 bits per heavy atom. The molecule has 0 saturated heterocycles. The standard InChI is InChI=1S/C12H16N4O/c1-17-12(4-2-5-12)8-16-11-10(14)9(7-13)3-6-15-11/h3,6H,2,4-5,8,14H2,1H3,(H,15,16). The molecule has 1 aliphatic carbocycles. The first kappa shape index (κ1) is 11.7. The van der Waals surface area contributed by atoms with Crippen molar-refractivity contribution in [2.45, 2.75) is 24.9 Å². The first-order chi connectivity index (χ1) is 8.21. The second-order valence-electron chi connectivity index (χ2n) is 4.33. The van der Waals surface area contributed by atoms with Crippen molar-refractivity contribution in [2.24, 2.45) is 0 Å². The smallest absolute Gasteiger partial charge is 0.150 e. The fourth-order valence-corrected chi connectivity index (χ4v) is 1.98. The predicted octanol–water partition coefficient (Wildman–Crippen LogP) is 1.52. The molecule has 2 rings (SSSR count). The molecule has 0 radical (unpaired) electrons. The number of hydrogen-bond acceptors (Lipinski definition) is 5. The highest BCUT2D eigenvalue weighted by Crippen LogP contribution is 2.35. The summed E-state index contributed by atoms with van der Waals surface area (Å²) >= 11 is 0. The van der Waals surface area contributed by atoms with E-state index in [1.54, 1.807) is 19.4 Å². The zero-order valence-electron chi connectivity index (χ0n) is 9.86. The number of nitrogens with zero attached hydrogens (tertiary/aromatic N) is 2. The summed E-state index contributed by atoms with van der Waals surface area (Å²) in [6, 6.07) is 3.65. The molecule has 1 saturated carbocycles. The molecule has 1 aliphatic rings. The SMILES string of the molecule is COC1(CNc2nccc(C#N)c2N)CCC1. The Hall–Kier alpha value is -1.80. The van der Waals surface area contributed by atoms with Gasteiger partial charge in [-0.3, -0.25) is 0 Å². The number of anilines is 2. The van der Waals surface area contributed by atoms with Crippen LogP contribution in [0, 0.1) is 11.3 Å². The van der Waals surface area contributed by atoms with Crippen molar-refractivity contribution >= 4 is 11.5 Å². The van der Waals surface area contributed by atoms with Crippen LogP contribution in [0.5, 0.6) is 0 Å². The Bertz CT molecular complexity index is 443. The van der Waals surface area contributed by atoms with Crippen LogP contribution < -0.4 is 11.1 Å². The molecule has 5 heteroatoms. The normalized spacial score (nSPS) is 16.9. The number of nitrogens with one attached hydrogen (secondary N) is 1. The number of rotatable bonds is 4. The second kappa shape index (κ2) is 4.60. The Balaban J connectivity index is 2.07. The highest BCUT2D eigenvalue weighted by Gasteiger charge is 2.36. The fourth-order valence-electron chi connectivity index (χ4n) is 1.98. The minimum absolute atomic E-state index is 0.0865. The lowest BCUT2D eigenvalue weighted by Gasteiger charge is -2.40. The molecule has 0 unspecified atom stereocenters. The first-order valence-corrected chi connectivity index (χ1v) is 5.64. The number of hydrogen-bond donors (Lipinski definition) is 2. The van der Waals surface area contributed by atoms with E-state index in [4.69, 9.17) is 15.7 Å². The molecule has 1 aromatic heterocycles. The van der Waals surface area contributed by atoms with E-state index in [1.165, 1.54) is 6.42 Å². The van der Waals surface area contributed by atoms with E-state index in [2.05, 4.69) is 10.3 Å². The molecule has 3 N–H and O–H groups in total. The molecule has 5 nitrogen and oxygen atoms in total. The summed E-state index contributed by atoms with van der Waals surface area (Å²) in [6.07, 6.45) is 4.87. The first-order valence-electron chi connectivity index (χ1n) is 5.64. The molecule has 0 aliphatic heterocycles. The Labute approximate surface area is 101 Å². The van der Waals surface area contributed by atoms with Crippen LogP contribution in [0.1, 0.15) is 24.8 Å². The van der Waals surface area contributed by atoms with Gasteiger partial charge in [-0.05, 0) is 25.3 Å². The van der Waals surface area contributed by atoms with E-state index in [9.17, 15) is 0 Å². The minimum atomic E-state index is -0.0865. The van der Waals surface area contributed by atoms with E-state index >= 15 is 0 Å². The van der Waals surface area contributed by atoms with Crippen LogP contribution in [0.25, 0.3) is 0 Å². The van der Waals surface area contributed by atoms with Crippen LogP contribution in [0.3, 0.4) is 0 Å². The number of nitriles is 1. The lowest BCUT2D eigenvalue weighted by Crippen LogP contribution is -2.45. The maximum atomic E-state index is 8.86. The number of aromatic nitrogens is 1. The third-order valence-corrected chi connectivity index (χ3v) is 3.39. The van der Waals surface area contributed by atoms with Crippen molar-refractivity contribution in [3.63, 3.8) is 0 Å². The Morgan fingerprint density at radius 1 is 1.65 bits per heavy atom. The van der Waals surface area contributed by atoms with Gasteiger partial charge in [0, 0.05) is 19.9 Å². The average Bonchev–Trinajstić information content (AvgIpc) is 2.30. The number of nitrogens with two attached hydrogens (primary N) is 1. The highest BCUT2D eigenvalue weighted by atomic mass is 16.5. The minimum Gasteiger partial charge on any atom is -0.395 e. The van der Waals surface area contributed by atoms with Gasteiger partial charge in [-0.25, -0.2) is 4.98 Å². The number of ether oxygens (including phenoxy) is 1. The summed E-state index contributed by atoms with van der Waals surface area (Å²) in [4.78, 5) is 4.14. The summed E-state index contributed by atoms with van der Waals surface area (Å²) in [5.74, 6) is 0.562. The van der Waals surface area contributed by atoms with Crippen LogP contribution >= 0.6 is 0 Å².